The van der Waals surface area contributed by atoms with Gasteiger partial charge in [-0.3, -0.25) is 0 Å². The summed E-state index contributed by atoms with van der Waals surface area (Å²) in [6, 6.07) is 0. The molecule has 0 aliphatic heterocycles. The summed E-state index contributed by atoms with van der Waals surface area (Å²) in [5.41, 5.74) is -0.0259. The van der Waals surface area contributed by atoms with Gasteiger partial charge in [0.1, 0.15) is 0 Å². The molecule has 0 rings (SSSR count). The molecule has 0 aliphatic carbocycles. The molecule has 0 spiro atoms. The molecular weight excluding hydrogens is 178 g/mol. The van der Waals surface area contributed by atoms with Gasteiger partial charge in [-0.1, -0.05) is 0 Å². The fourth-order valence-electron chi connectivity index (χ4n) is 1.14. The zero-order valence-electron chi connectivity index (χ0n) is 10.2. The number of methoxy groups -OCH3 is 1. The summed E-state index contributed by atoms with van der Waals surface area (Å²) < 4.78 is 10.7. The Kier molecular flexibility index (Phi) is 7.15. The van der Waals surface area contributed by atoms with Gasteiger partial charge in [0.05, 0.1) is 11.7 Å². The van der Waals surface area contributed by atoms with Gasteiger partial charge in [-0.15, -0.1) is 0 Å². The maximum atomic E-state index is 5.41. The third-order valence-corrected chi connectivity index (χ3v) is 2.34. The molecule has 0 saturated carbocycles. The Hall–Kier alpha value is -0.120. The van der Waals surface area contributed by atoms with Crippen LogP contribution >= 0.6 is 0 Å². The predicted octanol–water partition coefficient (Wildman–Crippen LogP) is 1.82. The molecular formula is C11H25NO2. The Balaban J connectivity index is 3.37. The molecule has 0 aromatic carbocycles. The lowest BCUT2D eigenvalue weighted by Crippen LogP contribution is -2.33. The Morgan fingerprint density at radius 1 is 1.36 bits per heavy atom. The molecule has 1 unspecified atom stereocenters. The van der Waals surface area contributed by atoms with E-state index in [-0.39, 0.29) is 5.60 Å². The van der Waals surface area contributed by atoms with Crippen molar-refractivity contribution in [1.82, 2.24) is 5.32 Å². The number of rotatable bonds is 8. The van der Waals surface area contributed by atoms with E-state index in [1.807, 2.05) is 6.92 Å². The van der Waals surface area contributed by atoms with Crippen molar-refractivity contribution in [1.29, 1.82) is 0 Å². The summed E-state index contributed by atoms with van der Waals surface area (Å²) in [6.45, 7) is 11.0. The first kappa shape index (κ1) is 13.9. The maximum absolute atomic E-state index is 5.41. The van der Waals surface area contributed by atoms with E-state index in [2.05, 4.69) is 26.1 Å². The fraction of sp³-hybridized carbons (Fsp3) is 1.00. The lowest BCUT2D eigenvalue weighted by atomic mass is 10.1. The largest absolute Gasteiger partial charge is 0.379 e. The Labute approximate surface area is 88.2 Å². The maximum Gasteiger partial charge on any atom is 0.0671 e. The molecule has 0 aliphatic rings. The highest BCUT2D eigenvalue weighted by atomic mass is 16.5. The molecule has 86 valence electrons. The second-order valence-corrected chi connectivity index (χ2v) is 4.18. The summed E-state index contributed by atoms with van der Waals surface area (Å²) in [5.74, 6) is 0. The average molecular weight is 203 g/mol. The second-order valence-electron chi connectivity index (χ2n) is 4.18. The SMILES string of the molecule is CCOC(C)CNCCC(C)(C)OC. The van der Waals surface area contributed by atoms with Gasteiger partial charge in [-0.2, -0.15) is 0 Å². The molecule has 0 aromatic heterocycles. The van der Waals surface area contributed by atoms with E-state index >= 15 is 0 Å². The minimum Gasteiger partial charge on any atom is -0.379 e. The molecule has 3 heteroatoms. The van der Waals surface area contributed by atoms with Crippen LogP contribution in [0.5, 0.6) is 0 Å². The number of hydrogen-bond donors (Lipinski definition) is 1. The van der Waals surface area contributed by atoms with Gasteiger partial charge in [-0.25, -0.2) is 0 Å². The third-order valence-electron chi connectivity index (χ3n) is 2.34. The predicted molar refractivity (Wildman–Crippen MR) is 59.7 cm³/mol. The van der Waals surface area contributed by atoms with Crippen LogP contribution in [-0.4, -0.2) is 38.5 Å². The van der Waals surface area contributed by atoms with Crippen LogP contribution in [0.4, 0.5) is 0 Å². The van der Waals surface area contributed by atoms with E-state index in [0.29, 0.717) is 6.10 Å². The van der Waals surface area contributed by atoms with Crippen LogP contribution < -0.4 is 5.32 Å². The average Bonchev–Trinajstić information content (AvgIpc) is 2.13. The van der Waals surface area contributed by atoms with Crippen molar-refractivity contribution in [2.24, 2.45) is 0 Å². The number of hydrogen-bond acceptors (Lipinski definition) is 3. The Morgan fingerprint density at radius 3 is 2.50 bits per heavy atom. The van der Waals surface area contributed by atoms with Crippen molar-refractivity contribution < 1.29 is 9.47 Å². The Morgan fingerprint density at radius 2 is 2.00 bits per heavy atom. The van der Waals surface area contributed by atoms with E-state index < -0.39 is 0 Å². The molecule has 1 N–H and O–H groups in total. The normalized spacial score (nSPS) is 14.4. The summed E-state index contributed by atoms with van der Waals surface area (Å²) in [6.07, 6.45) is 1.31. The first-order chi connectivity index (χ1) is 6.52. The van der Waals surface area contributed by atoms with Gasteiger partial charge in [0.25, 0.3) is 0 Å². The van der Waals surface area contributed by atoms with Crippen molar-refractivity contribution >= 4 is 0 Å². The van der Waals surface area contributed by atoms with Gasteiger partial charge < -0.3 is 14.8 Å². The highest BCUT2D eigenvalue weighted by Crippen LogP contribution is 2.11. The summed E-state index contributed by atoms with van der Waals surface area (Å²) in [4.78, 5) is 0. The first-order valence-electron chi connectivity index (χ1n) is 5.39. The van der Waals surface area contributed by atoms with Crippen LogP contribution in [0, 0.1) is 0 Å². The highest BCUT2D eigenvalue weighted by molar-refractivity contribution is 4.69. The molecule has 0 heterocycles. The molecule has 0 radical (unpaired) electrons. The van der Waals surface area contributed by atoms with Crippen molar-refractivity contribution in [3.63, 3.8) is 0 Å². The summed E-state index contributed by atoms with van der Waals surface area (Å²) >= 11 is 0. The van der Waals surface area contributed by atoms with Crippen molar-refractivity contribution in [3.8, 4) is 0 Å². The van der Waals surface area contributed by atoms with E-state index in [0.717, 1.165) is 26.1 Å². The van der Waals surface area contributed by atoms with Crippen LogP contribution in [0.25, 0.3) is 0 Å². The smallest absolute Gasteiger partial charge is 0.0671 e. The van der Waals surface area contributed by atoms with Gasteiger partial charge in [0, 0.05) is 20.3 Å². The quantitative estimate of drug-likeness (QED) is 0.610. The van der Waals surface area contributed by atoms with Gasteiger partial charge in [0.2, 0.25) is 0 Å². The van der Waals surface area contributed by atoms with E-state index in [1.165, 1.54) is 0 Å². The van der Waals surface area contributed by atoms with Crippen molar-refractivity contribution in [2.45, 2.75) is 45.8 Å². The fourth-order valence-corrected chi connectivity index (χ4v) is 1.14. The number of ether oxygens (including phenoxy) is 2. The standard InChI is InChI=1S/C11H25NO2/c1-6-14-10(2)9-12-8-7-11(3,4)13-5/h10,12H,6-9H2,1-5H3. The van der Waals surface area contributed by atoms with E-state index in [9.17, 15) is 0 Å². The number of nitrogens with one attached hydrogen (secondary N) is 1. The van der Waals surface area contributed by atoms with Crippen LogP contribution in [0.1, 0.15) is 34.1 Å². The van der Waals surface area contributed by atoms with Crippen molar-refractivity contribution in [3.05, 3.63) is 0 Å². The van der Waals surface area contributed by atoms with Gasteiger partial charge in [-0.05, 0) is 40.7 Å². The van der Waals surface area contributed by atoms with Gasteiger partial charge >= 0.3 is 0 Å². The van der Waals surface area contributed by atoms with Gasteiger partial charge in [0.15, 0.2) is 0 Å². The monoisotopic (exact) mass is 203 g/mol. The van der Waals surface area contributed by atoms with Crippen LogP contribution in [0.2, 0.25) is 0 Å². The Bertz CT molecular complexity index is 137. The van der Waals surface area contributed by atoms with E-state index in [4.69, 9.17) is 9.47 Å². The molecule has 0 saturated heterocycles. The zero-order chi connectivity index (χ0) is 11.0. The highest BCUT2D eigenvalue weighted by Gasteiger charge is 2.15. The molecule has 0 amide bonds. The second kappa shape index (κ2) is 7.21. The minimum atomic E-state index is -0.0259. The topological polar surface area (TPSA) is 30.5 Å². The zero-order valence-corrected chi connectivity index (χ0v) is 10.2. The molecule has 14 heavy (non-hydrogen) atoms. The van der Waals surface area contributed by atoms with Crippen LogP contribution in [0.3, 0.4) is 0 Å². The minimum absolute atomic E-state index is 0.0259. The molecule has 3 nitrogen and oxygen atoms in total. The lowest BCUT2D eigenvalue weighted by molar-refractivity contribution is 0.0144. The van der Waals surface area contributed by atoms with Crippen LogP contribution in [0.15, 0.2) is 0 Å². The molecule has 0 bridgehead atoms. The molecule has 0 aromatic rings. The third kappa shape index (κ3) is 7.30. The van der Waals surface area contributed by atoms with Crippen molar-refractivity contribution in [2.75, 3.05) is 26.8 Å². The van der Waals surface area contributed by atoms with E-state index in [1.54, 1.807) is 7.11 Å². The summed E-state index contributed by atoms with van der Waals surface area (Å²) in [7, 11) is 1.75. The van der Waals surface area contributed by atoms with Crippen LogP contribution in [-0.2, 0) is 9.47 Å². The lowest BCUT2D eigenvalue weighted by Gasteiger charge is -2.23. The molecule has 1 atom stereocenters. The summed E-state index contributed by atoms with van der Waals surface area (Å²) in [5, 5.41) is 3.36. The first-order valence-corrected chi connectivity index (χ1v) is 5.39. The molecule has 0 fully saturated rings.